The van der Waals surface area contributed by atoms with Crippen LogP contribution < -0.4 is 5.32 Å². The first-order valence-electron chi connectivity index (χ1n) is 9.96. The van der Waals surface area contributed by atoms with E-state index in [2.05, 4.69) is 54.1 Å². The molecular weight excluding hydrogens is 294 g/mol. The summed E-state index contributed by atoms with van der Waals surface area (Å²) in [5, 5.41) is 3.76. The average molecular weight is 330 g/mol. The van der Waals surface area contributed by atoms with Gasteiger partial charge in [-0.25, -0.2) is 0 Å². The Labute approximate surface area is 148 Å². The standard InChI is InChI=1S/C21H35N3/c1-4-11-23-12-9-21(10-13-23)24-14-7-19(8-15-24)22-20-6-5-17(2)18(3)16-20/h5-6,16,19,21-22H,4,7-15H2,1-3H3. The molecular formula is C21H35N3. The lowest BCUT2D eigenvalue weighted by molar-refractivity contribution is 0.0898. The number of rotatable bonds is 5. The highest BCUT2D eigenvalue weighted by Crippen LogP contribution is 2.23. The lowest BCUT2D eigenvalue weighted by atomic mass is 9.97. The predicted molar refractivity (Wildman–Crippen MR) is 104 cm³/mol. The molecule has 1 aromatic rings. The number of piperidine rings is 2. The summed E-state index contributed by atoms with van der Waals surface area (Å²) in [6.45, 7) is 13.1. The van der Waals surface area contributed by atoms with E-state index in [9.17, 15) is 0 Å². The quantitative estimate of drug-likeness (QED) is 0.879. The predicted octanol–water partition coefficient (Wildman–Crippen LogP) is 4.05. The molecule has 0 bridgehead atoms. The van der Waals surface area contributed by atoms with Crippen molar-refractivity contribution in [1.29, 1.82) is 0 Å². The van der Waals surface area contributed by atoms with Crippen LogP contribution in [-0.2, 0) is 0 Å². The Morgan fingerprint density at radius 3 is 2.29 bits per heavy atom. The molecule has 0 amide bonds. The van der Waals surface area contributed by atoms with Crippen LogP contribution in [0.3, 0.4) is 0 Å². The second kappa shape index (κ2) is 8.35. The summed E-state index contributed by atoms with van der Waals surface area (Å²) in [6, 6.07) is 8.24. The Morgan fingerprint density at radius 2 is 1.67 bits per heavy atom. The van der Waals surface area contributed by atoms with Gasteiger partial charge in [0.05, 0.1) is 0 Å². The van der Waals surface area contributed by atoms with E-state index in [-0.39, 0.29) is 0 Å². The summed E-state index contributed by atoms with van der Waals surface area (Å²) in [5.41, 5.74) is 4.06. The van der Waals surface area contributed by atoms with Crippen LogP contribution in [-0.4, -0.2) is 54.6 Å². The summed E-state index contributed by atoms with van der Waals surface area (Å²) in [5.74, 6) is 0. The molecule has 3 heteroatoms. The van der Waals surface area contributed by atoms with Crippen molar-refractivity contribution >= 4 is 5.69 Å². The minimum absolute atomic E-state index is 0.642. The van der Waals surface area contributed by atoms with Crippen LogP contribution in [0, 0.1) is 13.8 Å². The molecule has 2 aliphatic heterocycles. The van der Waals surface area contributed by atoms with Gasteiger partial charge in [0.2, 0.25) is 0 Å². The van der Waals surface area contributed by atoms with Gasteiger partial charge < -0.3 is 15.1 Å². The molecule has 3 nitrogen and oxygen atoms in total. The molecule has 0 spiro atoms. The third kappa shape index (κ3) is 4.52. The summed E-state index contributed by atoms with van der Waals surface area (Å²) in [6.07, 6.45) is 6.59. The minimum atomic E-state index is 0.642. The van der Waals surface area contributed by atoms with Crippen LogP contribution in [0.25, 0.3) is 0 Å². The van der Waals surface area contributed by atoms with Crippen LogP contribution in [0.15, 0.2) is 18.2 Å². The van der Waals surface area contributed by atoms with Crippen LogP contribution in [0.4, 0.5) is 5.69 Å². The molecule has 0 aromatic heterocycles. The summed E-state index contributed by atoms with van der Waals surface area (Å²) < 4.78 is 0. The van der Waals surface area contributed by atoms with Crippen LogP contribution in [0.1, 0.15) is 50.2 Å². The molecule has 0 saturated carbocycles. The Morgan fingerprint density at radius 1 is 0.958 bits per heavy atom. The van der Waals surface area contributed by atoms with E-state index in [1.165, 1.54) is 81.6 Å². The molecule has 134 valence electrons. The fraction of sp³-hybridized carbons (Fsp3) is 0.714. The molecule has 0 radical (unpaired) electrons. The first-order chi connectivity index (χ1) is 11.7. The Balaban J connectivity index is 1.43. The number of likely N-dealkylation sites (tertiary alicyclic amines) is 2. The van der Waals surface area contributed by atoms with E-state index in [1.54, 1.807) is 0 Å². The SMILES string of the molecule is CCCN1CCC(N2CCC(Nc3ccc(C)c(C)c3)CC2)CC1. The van der Waals surface area contributed by atoms with Gasteiger partial charge in [0.15, 0.2) is 0 Å². The molecule has 0 atom stereocenters. The van der Waals surface area contributed by atoms with Gasteiger partial charge in [0.1, 0.15) is 0 Å². The van der Waals surface area contributed by atoms with Crippen molar-refractivity contribution in [2.75, 3.05) is 38.0 Å². The molecule has 2 saturated heterocycles. The molecule has 1 aromatic carbocycles. The van der Waals surface area contributed by atoms with Gasteiger partial charge in [-0.3, -0.25) is 0 Å². The fourth-order valence-corrected chi connectivity index (χ4v) is 4.30. The van der Waals surface area contributed by atoms with Gasteiger partial charge in [0, 0.05) is 30.9 Å². The molecule has 2 heterocycles. The second-order valence-corrected chi connectivity index (χ2v) is 7.83. The molecule has 0 unspecified atom stereocenters. The van der Waals surface area contributed by atoms with Gasteiger partial charge in [-0.2, -0.15) is 0 Å². The van der Waals surface area contributed by atoms with Crippen molar-refractivity contribution in [2.24, 2.45) is 0 Å². The van der Waals surface area contributed by atoms with Crippen LogP contribution in [0.2, 0.25) is 0 Å². The number of hydrogen-bond acceptors (Lipinski definition) is 3. The number of nitrogens with zero attached hydrogens (tertiary/aromatic N) is 2. The smallest absolute Gasteiger partial charge is 0.0345 e. The van der Waals surface area contributed by atoms with Crippen LogP contribution in [0.5, 0.6) is 0 Å². The molecule has 3 rings (SSSR count). The Hall–Kier alpha value is -1.06. The summed E-state index contributed by atoms with van der Waals surface area (Å²) >= 11 is 0. The zero-order valence-electron chi connectivity index (χ0n) is 15.9. The van der Waals surface area contributed by atoms with Crippen LogP contribution >= 0.6 is 0 Å². The van der Waals surface area contributed by atoms with Gasteiger partial charge in [-0.1, -0.05) is 13.0 Å². The van der Waals surface area contributed by atoms with Crippen molar-refractivity contribution in [2.45, 2.75) is 65.0 Å². The van der Waals surface area contributed by atoms with Gasteiger partial charge in [-0.15, -0.1) is 0 Å². The molecule has 2 fully saturated rings. The summed E-state index contributed by atoms with van der Waals surface area (Å²) in [7, 11) is 0. The van der Waals surface area contributed by atoms with E-state index in [0.29, 0.717) is 6.04 Å². The van der Waals surface area contributed by atoms with E-state index in [4.69, 9.17) is 0 Å². The van der Waals surface area contributed by atoms with Gasteiger partial charge in [0.25, 0.3) is 0 Å². The zero-order chi connectivity index (χ0) is 16.9. The molecule has 0 aliphatic carbocycles. The number of benzene rings is 1. The number of nitrogens with one attached hydrogen (secondary N) is 1. The zero-order valence-corrected chi connectivity index (χ0v) is 15.9. The maximum Gasteiger partial charge on any atom is 0.0345 e. The number of hydrogen-bond donors (Lipinski definition) is 1. The topological polar surface area (TPSA) is 18.5 Å². The van der Waals surface area contributed by atoms with Crippen molar-refractivity contribution in [3.63, 3.8) is 0 Å². The average Bonchev–Trinajstić information content (AvgIpc) is 2.60. The second-order valence-electron chi connectivity index (χ2n) is 7.83. The van der Waals surface area contributed by atoms with Gasteiger partial charge in [-0.05, 0) is 88.8 Å². The normalized spacial score (nSPS) is 22.0. The third-order valence-corrected chi connectivity index (χ3v) is 6.02. The Kier molecular flexibility index (Phi) is 6.18. The van der Waals surface area contributed by atoms with E-state index in [1.807, 2.05) is 0 Å². The minimum Gasteiger partial charge on any atom is -0.382 e. The van der Waals surface area contributed by atoms with E-state index < -0.39 is 0 Å². The summed E-state index contributed by atoms with van der Waals surface area (Å²) in [4.78, 5) is 5.41. The van der Waals surface area contributed by atoms with Gasteiger partial charge >= 0.3 is 0 Å². The van der Waals surface area contributed by atoms with E-state index >= 15 is 0 Å². The number of anilines is 1. The molecule has 1 N–H and O–H groups in total. The highest BCUT2D eigenvalue weighted by atomic mass is 15.2. The van der Waals surface area contributed by atoms with Crippen molar-refractivity contribution < 1.29 is 0 Å². The lowest BCUT2D eigenvalue weighted by Crippen LogP contribution is -2.49. The fourth-order valence-electron chi connectivity index (χ4n) is 4.30. The first-order valence-corrected chi connectivity index (χ1v) is 9.96. The molecule has 2 aliphatic rings. The van der Waals surface area contributed by atoms with Crippen molar-refractivity contribution in [3.05, 3.63) is 29.3 Å². The lowest BCUT2D eigenvalue weighted by Gasteiger charge is -2.42. The van der Waals surface area contributed by atoms with E-state index in [0.717, 1.165) is 6.04 Å². The Bertz CT molecular complexity index is 512. The monoisotopic (exact) mass is 329 g/mol. The first kappa shape index (κ1) is 17.8. The maximum absolute atomic E-state index is 3.76. The highest BCUT2D eigenvalue weighted by molar-refractivity contribution is 5.48. The maximum atomic E-state index is 3.76. The highest BCUT2D eigenvalue weighted by Gasteiger charge is 2.27. The van der Waals surface area contributed by atoms with Crippen molar-refractivity contribution in [3.8, 4) is 0 Å². The van der Waals surface area contributed by atoms with Crippen molar-refractivity contribution in [1.82, 2.24) is 9.80 Å². The largest absolute Gasteiger partial charge is 0.382 e. The number of aryl methyl sites for hydroxylation is 2. The molecule has 24 heavy (non-hydrogen) atoms. The third-order valence-electron chi connectivity index (χ3n) is 6.02.